The molecule has 0 saturated heterocycles. The Morgan fingerprint density at radius 1 is 1.26 bits per heavy atom. The lowest BCUT2D eigenvalue weighted by Gasteiger charge is -2.08. The molecule has 1 aromatic carbocycles. The van der Waals surface area contributed by atoms with Gasteiger partial charge in [-0.05, 0) is 36.1 Å². The molecule has 0 unspecified atom stereocenters. The van der Waals surface area contributed by atoms with Gasteiger partial charge >= 0.3 is 0 Å². The third-order valence-corrected chi connectivity index (χ3v) is 3.83. The molecule has 3 nitrogen and oxygen atoms in total. The van der Waals surface area contributed by atoms with Crippen molar-refractivity contribution in [3.05, 3.63) is 40.2 Å². The van der Waals surface area contributed by atoms with Crippen molar-refractivity contribution in [3.63, 3.8) is 0 Å². The Labute approximate surface area is 119 Å². The number of halogens is 1. The quantitative estimate of drug-likeness (QED) is 0.932. The lowest BCUT2D eigenvalue weighted by atomic mass is 9.98. The zero-order chi connectivity index (χ0) is 14.0. The standard InChI is InChI=1S/C15H20ClN3/c1-4-13-15(14(5-2)19(3)18-13)10-6-7-12(16)11(8-10)9-17/h6-8H,4-5,9,17H2,1-3H3. The molecule has 2 rings (SSSR count). The second-order valence-corrected chi connectivity index (χ2v) is 5.02. The highest BCUT2D eigenvalue weighted by atomic mass is 35.5. The van der Waals surface area contributed by atoms with Crippen LogP contribution in [0.15, 0.2) is 18.2 Å². The Morgan fingerprint density at radius 3 is 2.58 bits per heavy atom. The lowest BCUT2D eigenvalue weighted by molar-refractivity contribution is 0.705. The molecule has 0 aliphatic carbocycles. The molecule has 2 aromatic rings. The number of hydrogen-bond acceptors (Lipinski definition) is 2. The van der Waals surface area contributed by atoms with Gasteiger partial charge in [0.15, 0.2) is 0 Å². The van der Waals surface area contributed by atoms with E-state index in [1.54, 1.807) is 0 Å². The van der Waals surface area contributed by atoms with Crippen molar-refractivity contribution < 1.29 is 0 Å². The Hall–Kier alpha value is -1.32. The predicted molar refractivity (Wildman–Crippen MR) is 80.3 cm³/mol. The van der Waals surface area contributed by atoms with E-state index < -0.39 is 0 Å². The van der Waals surface area contributed by atoms with Gasteiger partial charge < -0.3 is 5.73 Å². The van der Waals surface area contributed by atoms with Gasteiger partial charge in [-0.15, -0.1) is 0 Å². The molecule has 4 heteroatoms. The van der Waals surface area contributed by atoms with Gasteiger partial charge in [0.05, 0.1) is 5.69 Å². The van der Waals surface area contributed by atoms with E-state index in [2.05, 4.69) is 31.1 Å². The number of benzene rings is 1. The Kier molecular flexibility index (Phi) is 4.27. The summed E-state index contributed by atoms with van der Waals surface area (Å²) in [6, 6.07) is 6.06. The van der Waals surface area contributed by atoms with Crippen molar-refractivity contribution in [3.8, 4) is 11.1 Å². The molecule has 0 atom stereocenters. The summed E-state index contributed by atoms with van der Waals surface area (Å²) >= 11 is 6.14. The number of nitrogens with two attached hydrogens (primary N) is 1. The van der Waals surface area contributed by atoms with Crippen LogP contribution in [0, 0.1) is 0 Å². The SMILES string of the molecule is CCc1nn(C)c(CC)c1-c1ccc(Cl)c(CN)c1. The van der Waals surface area contributed by atoms with Gasteiger partial charge in [-0.1, -0.05) is 31.5 Å². The summed E-state index contributed by atoms with van der Waals surface area (Å²) in [7, 11) is 2.00. The van der Waals surface area contributed by atoms with Crippen molar-refractivity contribution in [2.24, 2.45) is 12.8 Å². The topological polar surface area (TPSA) is 43.8 Å². The van der Waals surface area contributed by atoms with Crippen LogP contribution in [0.1, 0.15) is 30.8 Å². The molecule has 1 heterocycles. The first-order valence-electron chi connectivity index (χ1n) is 6.65. The van der Waals surface area contributed by atoms with Crippen LogP contribution in [-0.4, -0.2) is 9.78 Å². The summed E-state index contributed by atoms with van der Waals surface area (Å²) in [5, 5.41) is 5.33. The van der Waals surface area contributed by atoms with Crippen molar-refractivity contribution >= 4 is 11.6 Å². The van der Waals surface area contributed by atoms with Gasteiger partial charge in [0.1, 0.15) is 0 Å². The maximum absolute atomic E-state index is 6.14. The molecule has 19 heavy (non-hydrogen) atoms. The molecule has 0 fully saturated rings. The molecule has 0 spiro atoms. The lowest BCUT2D eigenvalue weighted by Crippen LogP contribution is -1.99. The van der Waals surface area contributed by atoms with Crippen LogP contribution in [0.4, 0.5) is 0 Å². The molecule has 102 valence electrons. The fourth-order valence-corrected chi connectivity index (χ4v) is 2.69. The summed E-state index contributed by atoms with van der Waals surface area (Å²) in [5.41, 5.74) is 11.5. The Bertz CT molecular complexity index is 587. The largest absolute Gasteiger partial charge is 0.326 e. The fourth-order valence-electron chi connectivity index (χ4n) is 2.49. The van der Waals surface area contributed by atoms with Crippen molar-refractivity contribution in [1.29, 1.82) is 0 Å². The smallest absolute Gasteiger partial charge is 0.0703 e. The van der Waals surface area contributed by atoms with Gasteiger partial charge in [-0.25, -0.2) is 0 Å². The number of hydrogen-bond donors (Lipinski definition) is 1. The highest BCUT2D eigenvalue weighted by Crippen LogP contribution is 2.31. The molecule has 2 N–H and O–H groups in total. The molecular formula is C15H20ClN3. The molecule has 0 aliphatic heterocycles. The minimum absolute atomic E-state index is 0.454. The minimum atomic E-state index is 0.454. The molecule has 0 amide bonds. The van der Waals surface area contributed by atoms with E-state index in [1.807, 2.05) is 17.8 Å². The Morgan fingerprint density at radius 2 is 2.00 bits per heavy atom. The van der Waals surface area contributed by atoms with Crippen LogP contribution in [0.2, 0.25) is 5.02 Å². The summed E-state index contributed by atoms with van der Waals surface area (Å²) in [6.45, 7) is 4.74. The van der Waals surface area contributed by atoms with Crippen LogP contribution >= 0.6 is 11.6 Å². The zero-order valence-corrected chi connectivity index (χ0v) is 12.5. The number of aryl methyl sites for hydroxylation is 2. The first-order chi connectivity index (χ1) is 9.12. The summed E-state index contributed by atoms with van der Waals surface area (Å²) < 4.78 is 1.98. The molecule has 0 saturated carbocycles. The molecule has 0 radical (unpaired) electrons. The van der Waals surface area contributed by atoms with E-state index in [0.29, 0.717) is 6.54 Å². The molecule has 0 bridgehead atoms. The van der Waals surface area contributed by atoms with Gasteiger partial charge in [-0.3, -0.25) is 4.68 Å². The first-order valence-corrected chi connectivity index (χ1v) is 7.03. The number of aromatic nitrogens is 2. The summed E-state index contributed by atoms with van der Waals surface area (Å²) in [6.07, 6.45) is 1.88. The van der Waals surface area contributed by atoms with E-state index in [0.717, 1.165) is 34.7 Å². The third-order valence-electron chi connectivity index (χ3n) is 3.46. The highest BCUT2D eigenvalue weighted by molar-refractivity contribution is 6.31. The highest BCUT2D eigenvalue weighted by Gasteiger charge is 2.16. The van der Waals surface area contributed by atoms with Crippen LogP contribution in [0.25, 0.3) is 11.1 Å². The first kappa shape index (κ1) is 14.1. The van der Waals surface area contributed by atoms with Crippen LogP contribution in [-0.2, 0) is 26.4 Å². The molecular weight excluding hydrogens is 258 g/mol. The maximum Gasteiger partial charge on any atom is 0.0703 e. The van der Waals surface area contributed by atoms with E-state index in [-0.39, 0.29) is 0 Å². The average molecular weight is 278 g/mol. The predicted octanol–water partition coefficient (Wildman–Crippen LogP) is 3.32. The van der Waals surface area contributed by atoms with Crippen molar-refractivity contribution in [2.45, 2.75) is 33.2 Å². The second-order valence-electron chi connectivity index (χ2n) is 4.61. The monoisotopic (exact) mass is 277 g/mol. The van der Waals surface area contributed by atoms with Crippen LogP contribution in [0.3, 0.4) is 0 Å². The van der Waals surface area contributed by atoms with Crippen LogP contribution in [0.5, 0.6) is 0 Å². The second kappa shape index (κ2) is 5.76. The summed E-state index contributed by atoms with van der Waals surface area (Å²) in [5.74, 6) is 0. The fraction of sp³-hybridized carbons (Fsp3) is 0.400. The van der Waals surface area contributed by atoms with Crippen molar-refractivity contribution in [2.75, 3.05) is 0 Å². The number of rotatable bonds is 4. The normalized spacial score (nSPS) is 11.0. The molecule has 0 aliphatic rings. The van der Waals surface area contributed by atoms with E-state index in [9.17, 15) is 0 Å². The third kappa shape index (κ3) is 2.53. The number of nitrogens with zero attached hydrogens (tertiary/aromatic N) is 2. The van der Waals surface area contributed by atoms with Gasteiger partial charge in [0.2, 0.25) is 0 Å². The van der Waals surface area contributed by atoms with Crippen molar-refractivity contribution in [1.82, 2.24) is 9.78 Å². The summed E-state index contributed by atoms with van der Waals surface area (Å²) in [4.78, 5) is 0. The Balaban J connectivity index is 2.63. The maximum atomic E-state index is 6.14. The van der Waals surface area contributed by atoms with Gasteiger partial charge in [0, 0.05) is 29.9 Å². The van der Waals surface area contributed by atoms with E-state index in [4.69, 9.17) is 17.3 Å². The van der Waals surface area contributed by atoms with E-state index in [1.165, 1.54) is 11.3 Å². The molecule has 1 aromatic heterocycles. The van der Waals surface area contributed by atoms with Crippen LogP contribution < -0.4 is 5.73 Å². The zero-order valence-electron chi connectivity index (χ0n) is 11.7. The minimum Gasteiger partial charge on any atom is -0.326 e. The van der Waals surface area contributed by atoms with Gasteiger partial charge in [-0.2, -0.15) is 5.10 Å². The van der Waals surface area contributed by atoms with E-state index >= 15 is 0 Å². The van der Waals surface area contributed by atoms with Gasteiger partial charge in [0.25, 0.3) is 0 Å². The average Bonchev–Trinajstić information content (AvgIpc) is 2.75.